The minimum atomic E-state index is 0.120. The summed E-state index contributed by atoms with van der Waals surface area (Å²) in [5.41, 5.74) is 0. The van der Waals surface area contributed by atoms with Crippen molar-refractivity contribution in [3.8, 4) is 6.07 Å². The number of hydrogen-bond acceptors (Lipinski definition) is 5. The summed E-state index contributed by atoms with van der Waals surface area (Å²) in [6.07, 6.45) is 6.99. The largest absolute Gasteiger partial charge is 0.343 e. The van der Waals surface area contributed by atoms with E-state index in [1.165, 1.54) is 25.7 Å². The summed E-state index contributed by atoms with van der Waals surface area (Å²) in [7, 11) is 0. The molecule has 1 fully saturated rings. The summed E-state index contributed by atoms with van der Waals surface area (Å²) in [6, 6.07) is 2.67. The van der Waals surface area contributed by atoms with Gasteiger partial charge in [0.05, 0.1) is 18.5 Å². The summed E-state index contributed by atoms with van der Waals surface area (Å²) >= 11 is 0. The van der Waals surface area contributed by atoms with Gasteiger partial charge in [0, 0.05) is 6.04 Å². The van der Waals surface area contributed by atoms with Crippen molar-refractivity contribution in [3.63, 3.8) is 0 Å². The van der Waals surface area contributed by atoms with Crippen molar-refractivity contribution in [1.82, 2.24) is 15.5 Å². The molecule has 1 saturated carbocycles. The monoisotopic (exact) mass is 220 g/mol. The van der Waals surface area contributed by atoms with Gasteiger partial charge in [-0.3, -0.25) is 0 Å². The zero-order valence-electron chi connectivity index (χ0n) is 9.22. The molecule has 2 rings (SSSR count). The molecular weight excluding hydrogens is 204 g/mol. The van der Waals surface area contributed by atoms with E-state index in [1.54, 1.807) is 0 Å². The molecule has 0 aliphatic heterocycles. The highest BCUT2D eigenvalue weighted by atomic mass is 16.5. The zero-order chi connectivity index (χ0) is 11.2. The van der Waals surface area contributed by atoms with Gasteiger partial charge in [-0.2, -0.15) is 10.2 Å². The van der Waals surface area contributed by atoms with Gasteiger partial charge in [-0.25, -0.2) is 0 Å². The Labute approximate surface area is 94.8 Å². The Morgan fingerprint density at radius 3 is 3.06 bits per heavy atom. The van der Waals surface area contributed by atoms with Crippen LogP contribution in [0.5, 0.6) is 0 Å². The Balaban J connectivity index is 1.88. The van der Waals surface area contributed by atoms with Gasteiger partial charge in [0.1, 0.15) is 0 Å². The van der Waals surface area contributed by atoms with Crippen LogP contribution in [0, 0.1) is 17.2 Å². The maximum Gasteiger partial charge on any atom is 0.213 e. The maximum atomic E-state index is 9.10. The molecule has 2 atom stereocenters. The number of rotatable bonds is 3. The maximum absolute atomic E-state index is 9.10. The Bertz CT molecular complexity index is 343. The second-order valence-corrected chi connectivity index (χ2v) is 4.21. The topological polar surface area (TPSA) is 74.7 Å². The number of nitrogens with zero attached hydrogens (tertiary/aromatic N) is 3. The summed E-state index contributed by atoms with van der Waals surface area (Å²) < 4.78 is 4.67. The van der Waals surface area contributed by atoms with Crippen molar-refractivity contribution < 1.29 is 4.52 Å². The number of nitrogens with one attached hydrogen (secondary N) is 1. The van der Waals surface area contributed by atoms with Crippen LogP contribution in [0.1, 0.15) is 37.9 Å². The zero-order valence-corrected chi connectivity index (χ0v) is 9.22. The lowest BCUT2D eigenvalue weighted by Crippen LogP contribution is -2.34. The molecule has 16 heavy (non-hydrogen) atoms. The molecule has 1 aliphatic carbocycles. The van der Waals surface area contributed by atoms with Gasteiger partial charge in [-0.1, -0.05) is 24.4 Å². The average molecular weight is 220 g/mol. The third-order valence-electron chi connectivity index (χ3n) is 3.11. The molecule has 1 heterocycles. The van der Waals surface area contributed by atoms with E-state index in [0.717, 1.165) is 12.8 Å². The van der Waals surface area contributed by atoms with E-state index in [2.05, 4.69) is 26.0 Å². The molecule has 86 valence electrons. The number of nitriles is 1. The van der Waals surface area contributed by atoms with Crippen LogP contribution >= 0.6 is 0 Å². The molecule has 0 saturated heterocycles. The van der Waals surface area contributed by atoms with Gasteiger partial charge in [0.25, 0.3) is 0 Å². The quantitative estimate of drug-likeness (QED) is 0.783. The second-order valence-electron chi connectivity index (χ2n) is 4.21. The minimum Gasteiger partial charge on any atom is -0.343 e. The summed E-state index contributed by atoms with van der Waals surface area (Å²) in [5.74, 6) is 0.773. The van der Waals surface area contributed by atoms with Crippen LogP contribution < -0.4 is 5.32 Å². The molecule has 0 bridgehead atoms. The highest BCUT2D eigenvalue weighted by Crippen LogP contribution is 2.23. The first kappa shape index (κ1) is 11.1. The van der Waals surface area contributed by atoms with Crippen LogP contribution in [0.25, 0.3) is 0 Å². The molecule has 5 heteroatoms. The van der Waals surface area contributed by atoms with Crippen molar-refractivity contribution >= 4 is 0 Å². The molecule has 1 aromatic rings. The van der Waals surface area contributed by atoms with E-state index in [1.807, 2.05) is 0 Å². The normalized spacial score (nSPS) is 25.9. The number of aromatic nitrogens is 2. The second kappa shape index (κ2) is 5.61. The third kappa shape index (κ3) is 2.80. The van der Waals surface area contributed by atoms with Crippen molar-refractivity contribution in [3.05, 3.63) is 12.2 Å². The fraction of sp³-hybridized carbons (Fsp3) is 0.727. The summed E-state index contributed by atoms with van der Waals surface area (Å²) in [5, 5.41) is 16.2. The van der Waals surface area contributed by atoms with Crippen molar-refractivity contribution in [1.29, 1.82) is 5.26 Å². The Hall–Kier alpha value is -1.41. The first-order valence-corrected chi connectivity index (χ1v) is 5.78. The fourth-order valence-corrected chi connectivity index (χ4v) is 2.20. The molecule has 0 aromatic carbocycles. The smallest absolute Gasteiger partial charge is 0.213 e. The molecule has 1 aliphatic rings. The lowest BCUT2D eigenvalue weighted by molar-refractivity contribution is 0.375. The molecule has 2 unspecified atom stereocenters. The van der Waals surface area contributed by atoms with Crippen molar-refractivity contribution in [2.45, 2.75) is 44.7 Å². The Morgan fingerprint density at radius 2 is 2.31 bits per heavy atom. The fourth-order valence-electron chi connectivity index (χ4n) is 2.20. The SMILES string of the molecule is N#CC1CCCCCC1NCc1ncon1. The van der Waals surface area contributed by atoms with Crippen LogP contribution in [0.4, 0.5) is 0 Å². The van der Waals surface area contributed by atoms with Gasteiger partial charge in [-0.05, 0) is 12.8 Å². The Morgan fingerprint density at radius 1 is 1.44 bits per heavy atom. The summed E-state index contributed by atoms with van der Waals surface area (Å²) in [6.45, 7) is 0.583. The lowest BCUT2D eigenvalue weighted by Gasteiger charge is -2.19. The first-order valence-electron chi connectivity index (χ1n) is 5.78. The molecule has 1 aromatic heterocycles. The summed E-state index contributed by atoms with van der Waals surface area (Å²) in [4.78, 5) is 3.95. The van der Waals surface area contributed by atoms with Crippen LogP contribution in [0.3, 0.4) is 0 Å². The van der Waals surface area contributed by atoms with Crippen LogP contribution in [-0.4, -0.2) is 16.2 Å². The predicted molar refractivity (Wildman–Crippen MR) is 57.1 cm³/mol. The van der Waals surface area contributed by atoms with E-state index < -0.39 is 0 Å². The number of hydrogen-bond donors (Lipinski definition) is 1. The first-order chi connectivity index (χ1) is 7.90. The van der Waals surface area contributed by atoms with Crippen LogP contribution in [-0.2, 0) is 6.54 Å². The third-order valence-corrected chi connectivity index (χ3v) is 3.11. The van der Waals surface area contributed by atoms with E-state index >= 15 is 0 Å². The molecule has 0 amide bonds. The highest BCUT2D eigenvalue weighted by Gasteiger charge is 2.23. The van der Waals surface area contributed by atoms with Crippen molar-refractivity contribution in [2.75, 3.05) is 0 Å². The van der Waals surface area contributed by atoms with E-state index in [-0.39, 0.29) is 12.0 Å². The minimum absolute atomic E-state index is 0.120. The van der Waals surface area contributed by atoms with E-state index in [0.29, 0.717) is 12.4 Å². The molecule has 1 N–H and O–H groups in total. The predicted octanol–water partition coefficient (Wildman–Crippen LogP) is 1.63. The van der Waals surface area contributed by atoms with E-state index in [4.69, 9.17) is 5.26 Å². The molecular formula is C11H16N4O. The van der Waals surface area contributed by atoms with Gasteiger partial charge in [-0.15, -0.1) is 0 Å². The van der Waals surface area contributed by atoms with Gasteiger partial charge >= 0.3 is 0 Å². The van der Waals surface area contributed by atoms with Crippen LogP contribution in [0.2, 0.25) is 0 Å². The highest BCUT2D eigenvalue weighted by molar-refractivity contribution is 4.94. The van der Waals surface area contributed by atoms with Crippen molar-refractivity contribution in [2.24, 2.45) is 5.92 Å². The van der Waals surface area contributed by atoms with Crippen LogP contribution in [0.15, 0.2) is 10.9 Å². The lowest BCUT2D eigenvalue weighted by atomic mass is 9.96. The average Bonchev–Trinajstić information content (AvgIpc) is 2.71. The molecule has 0 radical (unpaired) electrons. The molecule has 0 spiro atoms. The van der Waals surface area contributed by atoms with E-state index in [9.17, 15) is 0 Å². The Kier molecular flexibility index (Phi) is 3.89. The van der Waals surface area contributed by atoms with Gasteiger partial charge < -0.3 is 9.84 Å². The molecule has 5 nitrogen and oxygen atoms in total. The van der Waals surface area contributed by atoms with Gasteiger partial charge in [0.2, 0.25) is 6.39 Å². The van der Waals surface area contributed by atoms with Gasteiger partial charge in [0.15, 0.2) is 5.82 Å². The standard InChI is InChI=1S/C11H16N4O/c12-6-9-4-2-1-3-5-10(9)13-7-11-14-8-16-15-11/h8-10,13H,1-5,7H2.